The molecule has 0 aliphatic rings. The Kier molecular flexibility index (Phi) is 4.82. The van der Waals surface area contributed by atoms with E-state index < -0.39 is 17.7 Å². The van der Waals surface area contributed by atoms with Gasteiger partial charge in [-0.25, -0.2) is 8.78 Å². The highest BCUT2D eigenvalue weighted by Gasteiger charge is 2.15. The van der Waals surface area contributed by atoms with Crippen LogP contribution in [0.4, 0.5) is 8.78 Å². The van der Waals surface area contributed by atoms with Crippen LogP contribution in [-0.2, 0) is 0 Å². The van der Waals surface area contributed by atoms with Crippen LogP contribution in [0.25, 0.3) is 0 Å². The SMILES string of the molecule is CC(NCC(O)c1cc(F)ccc1F)c1ccccc1. The minimum atomic E-state index is -1.09. The van der Waals surface area contributed by atoms with Crippen molar-refractivity contribution < 1.29 is 13.9 Å². The summed E-state index contributed by atoms with van der Waals surface area (Å²) in [5.41, 5.74) is 1.04. The van der Waals surface area contributed by atoms with Crippen molar-refractivity contribution in [1.29, 1.82) is 0 Å². The summed E-state index contributed by atoms with van der Waals surface area (Å²) in [6.07, 6.45) is -1.09. The van der Waals surface area contributed by atoms with Crippen LogP contribution in [-0.4, -0.2) is 11.7 Å². The smallest absolute Gasteiger partial charge is 0.129 e. The molecule has 0 aromatic heterocycles. The second kappa shape index (κ2) is 6.59. The van der Waals surface area contributed by atoms with Crippen molar-refractivity contribution in [3.8, 4) is 0 Å². The van der Waals surface area contributed by atoms with Crippen LogP contribution >= 0.6 is 0 Å². The number of benzene rings is 2. The first-order valence-electron chi connectivity index (χ1n) is 6.49. The number of aliphatic hydroxyl groups excluding tert-OH is 1. The molecule has 0 saturated heterocycles. The van der Waals surface area contributed by atoms with E-state index in [9.17, 15) is 13.9 Å². The van der Waals surface area contributed by atoms with Crippen LogP contribution in [0.5, 0.6) is 0 Å². The maximum Gasteiger partial charge on any atom is 0.129 e. The van der Waals surface area contributed by atoms with E-state index in [0.717, 1.165) is 23.8 Å². The number of hydrogen-bond donors (Lipinski definition) is 2. The predicted molar refractivity (Wildman–Crippen MR) is 74.2 cm³/mol. The first-order valence-corrected chi connectivity index (χ1v) is 6.49. The highest BCUT2D eigenvalue weighted by atomic mass is 19.1. The van der Waals surface area contributed by atoms with Gasteiger partial charge in [0.1, 0.15) is 11.6 Å². The average Bonchev–Trinajstić information content (AvgIpc) is 2.47. The number of nitrogens with one attached hydrogen (secondary N) is 1. The van der Waals surface area contributed by atoms with Crippen molar-refractivity contribution in [3.05, 3.63) is 71.3 Å². The number of hydrogen-bond acceptors (Lipinski definition) is 2. The molecule has 0 bridgehead atoms. The average molecular weight is 277 g/mol. The zero-order valence-corrected chi connectivity index (χ0v) is 11.2. The fraction of sp³-hybridized carbons (Fsp3) is 0.250. The molecule has 2 N–H and O–H groups in total. The van der Waals surface area contributed by atoms with Crippen molar-refractivity contribution in [2.75, 3.05) is 6.54 Å². The van der Waals surface area contributed by atoms with Crippen molar-refractivity contribution in [1.82, 2.24) is 5.32 Å². The van der Waals surface area contributed by atoms with Gasteiger partial charge in [-0.05, 0) is 30.7 Å². The van der Waals surface area contributed by atoms with Gasteiger partial charge >= 0.3 is 0 Å². The van der Waals surface area contributed by atoms with Crippen LogP contribution in [0.3, 0.4) is 0 Å². The van der Waals surface area contributed by atoms with Gasteiger partial charge in [0, 0.05) is 18.2 Å². The lowest BCUT2D eigenvalue weighted by molar-refractivity contribution is 0.166. The second-order valence-electron chi connectivity index (χ2n) is 4.72. The van der Waals surface area contributed by atoms with E-state index in [1.165, 1.54) is 0 Å². The molecule has 0 heterocycles. The van der Waals surface area contributed by atoms with Crippen LogP contribution in [0.2, 0.25) is 0 Å². The summed E-state index contributed by atoms with van der Waals surface area (Å²) in [7, 11) is 0. The van der Waals surface area contributed by atoms with Crippen LogP contribution in [0.1, 0.15) is 30.2 Å². The van der Waals surface area contributed by atoms with E-state index in [2.05, 4.69) is 5.32 Å². The Bertz CT molecular complexity index is 560. The lowest BCUT2D eigenvalue weighted by atomic mass is 10.1. The van der Waals surface area contributed by atoms with Gasteiger partial charge in [-0.1, -0.05) is 30.3 Å². The summed E-state index contributed by atoms with van der Waals surface area (Å²) < 4.78 is 26.6. The molecule has 2 nitrogen and oxygen atoms in total. The molecule has 2 unspecified atom stereocenters. The third-order valence-corrected chi connectivity index (χ3v) is 3.23. The molecule has 106 valence electrons. The monoisotopic (exact) mass is 277 g/mol. The lowest BCUT2D eigenvalue weighted by Gasteiger charge is -2.18. The number of rotatable bonds is 5. The van der Waals surface area contributed by atoms with Gasteiger partial charge in [-0.15, -0.1) is 0 Å². The summed E-state index contributed by atoms with van der Waals surface area (Å²) >= 11 is 0. The van der Waals surface area contributed by atoms with Crippen molar-refractivity contribution in [3.63, 3.8) is 0 Å². The second-order valence-corrected chi connectivity index (χ2v) is 4.72. The molecule has 2 rings (SSSR count). The summed E-state index contributed by atoms with van der Waals surface area (Å²) in [5, 5.41) is 13.1. The summed E-state index contributed by atoms with van der Waals surface area (Å²) in [6, 6.07) is 12.8. The molecule has 0 radical (unpaired) electrons. The Morgan fingerprint density at radius 1 is 1.10 bits per heavy atom. The molecule has 0 fully saturated rings. The topological polar surface area (TPSA) is 32.3 Å². The van der Waals surface area contributed by atoms with Gasteiger partial charge < -0.3 is 10.4 Å². The molecule has 0 aliphatic carbocycles. The van der Waals surface area contributed by atoms with Crippen molar-refractivity contribution in [2.45, 2.75) is 19.1 Å². The molecule has 4 heteroatoms. The Balaban J connectivity index is 1.98. The lowest BCUT2D eigenvalue weighted by Crippen LogP contribution is -2.25. The van der Waals surface area contributed by atoms with E-state index in [1.807, 2.05) is 37.3 Å². The Morgan fingerprint density at radius 3 is 2.50 bits per heavy atom. The summed E-state index contributed by atoms with van der Waals surface area (Å²) in [5.74, 6) is -1.16. The largest absolute Gasteiger partial charge is 0.387 e. The number of aliphatic hydroxyl groups is 1. The normalized spacial score (nSPS) is 14.0. The fourth-order valence-corrected chi connectivity index (χ4v) is 2.03. The zero-order chi connectivity index (χ0) is 14.5. The van der Waals surface area contributed by atoms with E-state index in [0.29, 0.717) is 0 Å². The minimum Gasteiger partial charge on any atom is -0.387 e. The molecular formula is C16H17F2NO. The molecule has 2 aromatic carbocycles. The Labute approximate surface area is 117 Å². The van der Waals surface area contributed by atoms with Crippen LogP contribution < -0.4 is 5.32 Å². The molecule has 20 heavy (non-hydrogen) atoms. The van der Waals surface area contributed by atoms with Gasteiger partial charge in [-0.2, -0.15) is 0 Å². The molecule has 0 saturated carbocycles. The number of halogens is 2. The first-order chi connectivity index (χ1) is 9.58. The Hall–Kier alpha value is -1.78. The molecular weight excluding hydrogens is 260 g/mol. The third-order valence-electron chi connectivity index (χ3n) is 3.23. The predicted octanol–water partition coefficient (Wildman–Crippen LogP) is 3.35. The maximum atomic E-state index is 13.5. The molecule has 2 atom stereocenters. The molecule has 0 spiro atoms. The highest BCUT2D eigenvalue weighted by Crippen LogP contribution is 2.19. The maximum absolute atomic E-state index is 13.5. The standard InChI is InChI=1S/C16H17F2NO/c1-11(12-5-3-2-4-6-12)19-10-16(20)14-9-13(17)7-8-15(14)18/h2-9,11,16,19-20H,10H2,1H3. The van der Waals surface area contributed by atoms with E-state index in [-0.39, 0.29) is 18.2 Å². The van der Waals surface area contributed by atoms with Gasteiger partial charge in [0.2, 0.25) is 0 Å². The van der Waals surface area contributed by atoms with E-state index >= 15 is 0 Å². The zero-order valence-electron chi connectivity index (χ0n) is 11.2. The summed E-state index contributed by atoms with van der Waals surface area (Å²) in [6.45, 7) is 2.10. The van der Waals surface area contributed by atoms with Gasteiger partial charge in [0.15, 0.2) is 0 Å². The molecule has 2 aromatic rings. The van der Waals surface area contributed by atoms with Gasteiger partial charge in [-0.3, -0.25) is 0 Å². The minimum absolute atomic E-state index is 0.0162. The molecule has 0 amide bonds. The first kappa shape index (κ1) is 14.6. The Morgan fingerprint density at radius 2 is 1.80 bits per heavy atom. The van der Waals surface area contributed by atoms with Crippen molar-refractivity contribution >= 4 is 0 Å². The van der Waals surface area contributed by atoms with Crippen molar-refractivity contribution in [2.24, 2.45) is 0 Å². The van der Waals surface area contributed by atoms with Gasteiger partial charge in [0.05, 0.1) is 6.10 Å². The third kappa shape index (κ3) is 3.62. The van der Waals surface area contributed by atoms with E-state index in [1.54, 1.807) is 0 Å². The quantitative estimate of drug-likeness (QED) is 0.878. The highest BCUT2D eigenvalue weighted by molar-refractivity contribution is 5.22. The van der Waals surface area contributed by atoms with E-state index in [4.69, 9.17) is 0 Å². The van der Waals surface area contributed by atoms with Crippen LogP contribution in [0.15, 0.2) is 48.5 Å². The molecule has 0 aliphatic heterocycles. The summed E-state index contributed by atoms with van der Waals surface area (Å²) in [4.78, 5) is 0. The van der Waals surface area contributed by atoms with Crippen LogP contribution in [0, 0.1) is 11.6 Å². The fourth-order valence-electron chi connectivity index (χ4n) is 2.03. The van der Waals surface area contributed by atoms with Gasteiger partial charge in [0.25, 0.3) is 0 Å².